The average molecular weight is 152 g/mol. The van der Waals surface area contributed by atoms with Crippen molar-refractivity contribution in [3.05, 3.63) is 24.0 Å². The van der Waals surface area contributed by atoms with E-state index in [1.807, 2.05) is 13.1 Å². The Labute approximate surface area is 65.8 Å². The van der Waals surface area contributed by atoms with Gasteiger partial charge in [0, 0.05) is 12.7 Å². The molecule has 0 aliphatic heterocycles. The molecule has 0 aromatic carbocycles. The number of nitrogen functional groups attached to an aromatic ring is 1. The highest BCUT2D eigenvalue weighted by atomic mass is 15.2. The lowest BCUT2D eigenvalue weighted by atomic mass is 10.2. The maximum atomic E-state index is 5.20. The van der Waals surface area contributed by atoms with Gasteiger partial charge in [-0.2, -0.15) is 0 Å². The van der Waals surface area contributed by atoms with Crippen molar-refractivity contribution in [1.29, 1.82) is 0 Å². The van der Waals surface area contributed by atoms with E-state index >= 15 is 0 Å². The van der Waals surface area contributed by atoms with E-state index < -0.39 is 0 Å². The van der Waals surface area contributed by atoms with Crippen LogP contribution in [0.4, 0.5) is 5.69 Å². The van der Waals surface area contributed by atoms with Crippen molar-refractivity contribution in [2.75, 3.05) is 12.5 Å². The molecule has 1 heterocycles. The Morgan fingerprint density at radius 1 is 1.55 bits per heavy atom. The van der Waals surface area contributed by atoms with Gasteiger partial charge in [0.25, 0.3) is 0 Å². The molecule has 1 aromatic heterocycles. The Balaban J connectivity index is 2.74. The first-order valence-electron chi connectivity index (χ1n) is 3.42. The monoisotopic (exact) mass is 152 g/mol. The molecule has 0 bridgehead atoms. The van der Waals surface area contributed by atoms with Crippen molar-refractivity contribution < 1.29 is 0 Å². The van der Waals surface area contributed by atoms with Gasteiger partial charge in [-0.25, -0.2) is 0 Å². The van der Waals surface area contributed by atoms with Crippen molar-refractivity contribution >= 4 is 5.69 Å². The van der Waals surface area contributed by atoms with Crippen molar-refractivity contribution in [1.82, 2.24) is 10.3 Å². The fourth-order valence-corrected chi connectivity index (χ4v) is 0.867. The van der Waals surface area contributed by atoms with Crippen LogP contribution in [0.25, 0.3) is 0 Å². The van der Waals surface area contributed by atoms with E-state index in [0.29, 0.717) is 0 Å². The minimum absolute atomic E-state index is 0.808. The molecule has 0 saturated carbocycles. The number of nitrogens with zero attached hydrogens (tertiary/aromatic N) is 1. The summed E-state index contributed by atoms with van der Waals surface area (Å²) in [6.45, 7) is 0.808. The van der Waals surface area contributed by atoms with Gasteiger partial charge in [-0.15, -0.1) is 0 Å². The average Bonchev–Trinajstić information content (AvgIpc) is 2.06. The normalized spacial score (nSPS) is 9.64. The maximum absolute atomic E-state index is 5.20. The van der Waals surface area contributed by atoms with Crippen LogP contribution < -0.4 is 16.6 Å². The van der Waals surface area contributed by atoms with Crippen LogP contribution in [0.1, 0.15) is 5.56 Å². The van der Waals surface area contributed by atoms with Crippen LogP contribution in [-0.2, 0) is 6.54 Å². The van der Waals surface area contributed by atoms with Gasteiger partial charge in [-0.3, -0.25) is 10.8 Å². The SMILES string of the molecule is CNCc1cncc(NN)c1. The molecule has 0 saturated heterocycles. The first-order chi connectivity index (χ1) is 5.36. The number of aromatic nitrogens is 1. The molecule has 1 aromatic rings. The van der Waals surface area contributed by atoms with E-state index in [4.69, 9.17) is 5.84 Å². The molecular formula is C7H12N4. The van der Waals surface area contributed by atoms with Crippen molar-refractivity contribution in [2.24, 2.45) is 5.84 Å². The zero-order valence-corrected chi connectivity index (χ0v) is 6.46. The van der Waals surface area contributed by atoms with Crippen molar-refractivity contribution in [2.45, 2.75) is 6.54 Å². The molecule has 0 unspecified atom stereocenters. The number of pyridine rings is 1. The van der Waals surface area contributed by atoms with E-state index in [-0.39, 0.29) is 0 Å². The zero-order chi connectivity index (χ0) is 8.10. The summed E-state index contributed by atoms with van der Waals surface area (Å²) in [7, 11) is 1.89. The number of nitrogens with one attached hydrogen (secondary N) is 2. The molecule has 0 radical (unpaired) electrons. The third kappa shape index (κ3) is 2.18. The fourth-order valence-electron chi connectivity index (χ4n) is 0.867. The van der Waals surface area contributed by atoms with Gasteiger partial charge in [-0.05, 0) is 18.7 Å². The van der Waals surface area contributed by atoms with Crippen molar-refractivity contribution in [3.63, 3.8) is 0 Å². The Morgan fingerprint density at radius 3 is 3.00 bits per heavy atom. The third-order valence-electron chi connectivity index (χ3n) is 1.34. The molecule has 0 amide bonds. The van der Waals surface area contributed by atoms with Crippen LogP contribution in [0.5, 0.6) is 0 Å². The molecule has 0 spiro atoms. The van der Waals surface area contributed by atoms with Gasteiger partial charge in [0.2, 0.25) is 0 Å². The van der Waals surface area contributed by atoms with Crippen molar-refractivity contribution in [3.8, 4) is 0 Å². The predicted octanol–water partition coefficient (Wildman–Crippen LogP) is 0.0866. The second-order valence-corrected chi connectivity index (χ2v) is 2.26. The summed E-state index contributed by atoms with van der Waals surface area (Å²) in [6.07, 6.45) is 3.48. The largest absolute Gasteiger partial charge is 0.323 e. The maximum Gasteiger partial charge on any atom is 0.0672 e. The number of anilines is 1. The smallest absolute Gasteiger partial charge is 0.0672 e. The van der Waals surface area contributed by atoms with Gasteiger partial charge in [0.1, 0.15) is 0 Å². The van der Waals surface area contributed by atoms with Crippen LogP contribution in [0, 0.1) is 0 Å². The third-order valence-corrected chi connectivity index (χ3v) is 1.34. The second kappa shape index (κ2) is 3.90. The van der Waals surface area contributed by atoms with Crippen LogP contribution in [0.3, 0.4) is 0 Å². The summed E-state index contributed by atoms with van der Waals surface area (Å²) >= 11 is 0. The van der Waals surface area contributed by atoms with Gasteiger partial charge in [-0.1, -0.05) is 0 Å². The molecule has 1 rings (SSSR count). The standard InChI is InChI=1S/C7H12N4/c1-9-3-6-2-7(11-8)5-10-4-6/h2,4-5,9,11H,3,8H2,1H3. The second-order valence-electron chi connectivity index (χ2n) is 2.26. The van der Waals surface area contributed by atoms with Crippen LogP contribution in [0.15, 0.2) is 18.5 Å². The lowest BCUT2D eigenvalue weighted by Crippen LogP contribution is -2.09. The van der Waals surface area contributed by atoms with Gasteiger partial charge < -0.3 is 10.7 Å². The summed E-state index contributed by atoms with van der Waals surface area (Å²) in [5, 5.41) is 3.03. The number of nitrogens with two attached hydrogens (primary N) is 1. The molecule has 0 aliphatic carbocycles. The Bertz CT molecular complexity index is 223. The number of hydrogen-bond acceptors (Lipinski definition) is 4. The first-order valence-corrected chi connectivity index (χ1v) is 3.42. The molecular weight excluding hydrogens is 140 g/mol. The predicted molar refractivity (Wildman–Crippen MR) is 44.8 cm³/mol. The van der Waals surface area contributed by atoms with Gasteiger partial charge in [0.05, 0.1) is 11.9 Å². The quantitative estimate of drug-likeness (QED) is 0.424. The van der Waals surface area contributed by atoms with E-state index in [1.165, 1.54) is 0 Å². The van der Waals surface area contributed by atoms with E-state index in [2.05, 4.69) is 15.7 Å². The number of hydrazine groups is 1. The summed E-state index contributed by atoms with van der Waals surface area (Å²) in [5.74, 6) is 5.20. The minimum atomic E-state index is 0.808. The fraction of sp³-hybridized carbons (Fsp3) is 0.286. The topological polar surface area (TPSA) is 63.0 Å². The Hall–Kier alpha value is -1.13. The summed E-state index contributed by atoms with van der Waals surface area (Å²) in [4.78, 5) is 3.99. The number of hydrogen-bond donors (Lipinski definition) is 3. The molecule has 0 aliphatic rings. The summed E-state index contributed by atoms with van der Waals surface area (Å²) in [6, 6.07) is 1.95. The molecule has 60 valence electrons. The summed E-state index contributed by atoms with van der Waals surface area (Å²) in [5.41, 5.74) is 4.48. The van der Waals surface area contributed by atoms with Gasteiger partial charge >= 0.3 is 0 Å². The summed E-state index contributed by atoms with van der Waals surface area (Å²) < 4.78 is 0. The number of rotatable bonds is 3. The molecule has 4 N–H and O–H groups in total. The van der Waals surface area contributed by atoms with E-state index in [9.17, 15) is 0 Å². The molecule has 0 fully saturated rings. The Morgan fingerprint density at radius 2 is 2.36 bits per heavy atom. The van der Waals surface area contributed by atoms with Gasteiger partial charge in [0.15, 0.2) is 0 Å². The molecule has 11 heavy (non-hydrogen) atoms. The Kier molecular flexibility index (Phi) is 2.83. The molecule has 4 heteroatoms. The van der Waals surface area contributed by atoms with E-state index in [1.54, 1.807) is 12.4 Å². The zero-order valence-electron chi connectivity index (χ0n) is 6.46. The molecule has 0 atom stereocenters. The van der Waals surface area contributed by atoms with Crippen LogP contribution >= 0.6 is 0 Å². The highest BCUT2D eigenvalue weighted by Crippen LogP contribution is 2.05. The molecule has 4 nitrogen and oxygen atoms in total. The first kappa shape index (κ1) is 7.97. The lowest BCUT2D eigenvalue weighted by Gasteiger charge is -2.02. The highest BCUT2D eigenvalue weighted by Gasteiger charge is 1.92. The minimum Gasteiger partial charge on any atom is -0.323 e. The highest BCUT2D eigenvalue weighted by molar-refractivity contribution is 5.41. The van der Waals surface area contributed by atoms with E-state index in [0.717, 1.165) is 17.8 Å². The lowest BCUT2D eigenvalue weighted by molar-refractivity contribution is 0.813. The van der Waals surface area contributed by atoms with Crippen LogP contribution in [-0.4, -0.2) is 12.0 Å². The van der Waals surface area contributed by atoms with Crippen LogP contribution in [0.2, 0.25) is 0 Å².